The zero-order chi connectivity index (χ0) is 27.3. The first kappa shape index (κ1) is 28.0. The second-order valence-corrected chi connectivity index (χ2v) is 10.4. The number of fused-ring (bicyclic) bond motifs is 2. The molecular formula is C29H36F3N3O3. The summed E-state index contributed by atoms with van der Waals surface area (Å²) in [6.45, 7) is 4.55. The Labute approximate surface area is 222 Å². The van der Waals surface area contributed by atoms with Crippen molar-refractivity contribution in [2.75, 3.05) is 39.8 Å². The number of likely N-dealkylation sites (N-methyl/N-ethyl adjacent to an activating group) is 1. The second kappa shape index (κ2) is 11.8. The maximum atomic E-state index is 13.4. The molecule has 206 valence electrons. The summed E-state index contributed by atoms with van der Waals surface area (Å²) >= 11 is 0. The number of rotatable bonds is 2. The Balaban J connectivity index is 1.62. The Hall–Kier alpha value is -3.07. The molecule has 1 spiro atoms. The van der Waals surface area contributed by atoms with Crippen molar-refractivity contribution in [1.29, 1.82) is 0 Å². The summed E-state index contributed by atoms with van der Waals surface area (Å²) in [5, 5.41) is 0. The molecule has 0 aromatic heterocycles. The maximum Gasteiger partial charge on any atom is 0.416 e. The SMILES string of the molecule is CC(=O)N1CCCC[C@@]2(CCCN2Cc2cccc(C(F)(F)F)c2)CN(C)C(=O)c2cccc(c2)OCC1. The summed E-state index contributed by atoms with van der Waals surface area (Å²) in [6, 6.07) is 12.6. The Morgan fingerprint density at radius 3 is 2.53 bits per heavy atom. The summed E-state index contributed by atoms with van der Waals surface area (Å²) < 4.78 is 45.9. The van der Waals surface area contributed by atoms with Gasteiger partial charge in [0, 0.05) is 44.7 Å². The number of carbonyl (C=O) groups is 2. The summed E-state index contributed by atoms with van der Waals surface area (Å²) in [4.78, 5) is 31.4. The van der Waals surface area contributed by atoms with E-state index in [2.05, 4.69) is 4.90 Å². The third-order valence-corrected chi connectivity index (χ3v) is 7.72. The van der Waals surface area contributed by atoms with E-state index in [1.165, 1.54) is 12.1 Å². The fourth-order valence-electron chi connectivity index (χ4n) is 5.76. The highest BCUT2D eigenvalue weighted by molar-refractivity contribution is 5.94. The zero-order valence-electron chi connectivity index (χ0n) is 22.1. The quantitative estimate of drug-likeness (QED) is 0.533. The van der Waals surface area contributed by atoms with Crippen LogP contribution in [0.25, 0.3) is 0 Å². The molecule has 2 aliphatic heterocycles. The minimum absolute atomic E-state index is 0.0108. The number of likely N-dealkylation sites (tertiary alicyclic amines) is 1. The number of benzene rings is 2. The van der Waals surface area contributed by atoms with Crippen LogP contribution in [0.2, 0.25) is 0 Å². The molecule has 1 atom stereocenters. The monoisotopic (exact) mass is 531 g/mol. The Kier molecular flexibility index (Phi) is 8.65. The zero-order valence-corrected chi connectivity index (χ0v) is 22.1. The molecule has 2 bridgehead atoms. The lowest BCUT2D eigenvalue weighted by atomic mass is 9.88. The molecule has 0 unspecified atom stereocenters. The molecular weight excluding hydrogens is 495 g/mol. The third kappa shape index (κ3) is 6.67. The highest BCUT2D eigenvalue weighted by Crippen LogP contribution is 2.37. The maximum absolute atomic E-state index is 13.4. The predicted molar refractivity (Wildman–Crippen MR) is 139 cm³/mol. The van der Waals surface area contributed by atoms with Gasteiger partial charge in [0.25, 0.3) is 5.91 Å². The average molecular weight is 532 g/mol. The number of hydrogen-bond acceptors (Lipinski definition) is 4. The minimum Gasteiger partial charge on any atom is -0.492 e. The van der Waals surface area contributed by atoms with Crippen molar-refractivity contribution in [2.24, 2.45) is 0 Å². The number of halogens is 3. The largest absolute Gasteiger partial charge is 0.492 e. The Morgan fingerprint density at radius 2 is 1.76 bits per heavy atom. The van der Waals surface area contributed by atoms with Gasteiger partial charge in [-0.15, -0.1) is 0 Å². The van der Waals surface area contributed by atoms with Crippen LogP contribution >= 0.6 is 0 Å². The van der Waals surface area contributed by atoms with Crippen LogP contribution in [0.5, 0.6) is 5.75 Å². The summed E-state index contributed by atoms with van der Waals surface area (Å²) in [5.74, 6) is 0.439. The molecule has 2 aromatic carbocycles. The van der Waals surface area contributed by atoms with Crippen LogP contribution < -0.4 is 4.74 Å². The molecule has 0 saturated carbocycles. The number of alkyl halides is 3. The fourth-order valence-corrected chi connectivity index (χ4v) is 5.76. The topological polar surface area (TPSA) is 53.1 Å². The van der Waals surface area contributed by atoms with Crippen molar-refractivity contribution < 1.29 is 27.5 Å². The van der Waals surface area contributed by atoms with Gasteiger partial charge in [-0.2, -0.15) is 13.2 Å². The van der Waals surface area contributed by atoms with Crippen LogP contribution in [0.15, 0.2) is 48.5 Å². The van der Waals surface area contributed by atoms with Gasteiger partial charge in [-0.3, -0.25) is 14.5 Å². The van der Waals surface area contributed by atoms with Gasteiger partial charge in [0.1, 0.15) is 12.4 Å². The lowest BCUT2D eigenvalue weighted by Gasteiger charge is -2.42. The predicted octanol–water partition coefficient (Wildman–Crippen LogP) is 5.22. The molecule has 4 rings (SSSR count). The van der Waals surface area contributed by atoms with Crippen molar-refractivity contribution >= 4 is 11.8 Å². The van der Waals surface area contributed by atoms with E-state index < -0.39 is 11.7 Å². The van der Waals surface area contributed by atoms with E-state index in [9.17, 15) is 22.8 Å². The van der Waals surface area contributed by atoms with Gasteiger partial charge < -0.3 is 14.5 Å². The van der Waals surface area contributed by atoms with E-state index in [1.807, 2.05) is 0 Å². The lowest BCUT2D eigenvalue weighted by Crippen LogP contribution is -2.52. The van der Waals surface area contributed by atoms with E-state index in [0.29, 0.717) is 49.7 Å². The Bertz CT molecular complexity index is 1140. The van der Waals surface area contributed by atoms with Crippen LogP contribution in [0.4, 0.5) is 13.2 Å². The van der Waals surface area contributed by atoms with Gasteiger partial charge in [-0.1, -0.05) is 24.3 Å². The average Bonchev–Trinajstić information content (AvgIpc) is 3.25. The van der Waals surface area contributed by atoms with Crippen LogP contribution in [0, 0.1) is 0 Å². The van der Waals surface area contributed by atoms with Crippen LogP contribution in [-0.4, -0.2) is 71.9 Å². The van der Waals surface area contributed by atoms with Crippen molar-refractivity contribution in [3.8, 4) is 5.75 Å². The van der Waals surface area contributed by atoms with Gasteiger partial charge in [0.15, 0.2) is 0 Å². The smallest absolute Gasteiger partial charge is 0.416 e. The number of ether oxygens (including phenoxy) is 1. The number of nitrogens with zero attached hydrogens (tertiary/aromatic N) is 3. The van der Waals surface area contributed by atoms with E-state index >= 15 is 0 Å². The van der Waals surface area contributed by atoms with Gasteiger partial charge in [0.2, 0.25) is 5.91 Å². The summed E-state index contributed by atoms with van der Waals surface area (Å²) in [6.07, 6.45) is -0.224. The second-order valence-electron chi connectivity index (χ2n) is 10.4. The molecule has 1 saturated heterocycles. The molecule has 0 radical (unpaired) electrons. The van der Waals surface area contributed by atoms with Crippen molar-refractivity contribution in [1.82, 2.24) is 14.7 Å². The standard InChI is InChI=1S/C29H36F3N3O3/c1-22(36)34-14-4-3-12-28(21-33(2)27(37)24-9-6-11-26(19-24)38-17-16-34)13-7-15-35(28)20-23-8-5-10-25(18-23)29(30,31)32/h5-6,8-11,18-19H,3-4,7,12-17,20-21H2,1-2H3/t28-/m1/s1. The molecule has 38 heavy (non-hydrogen) atoms. The summed E-state index contributed by atoms with van der Waals surface area (Å²) in [5.41, 5.74) is 0.108. The molecule has 2 aliphatic rings. The van der Waals surface area contributed by atoms with Crippen LogP contribution in [0.1, 0.15) is 60.5 Å². The lowest BCUT2D eigenvalue weighted by molar-refractivity contribution is -0.137. The number of amides is 2. The van der Waals surface area contributed by atoms with Crippen molar-refractivity contribution in [2.45, 2.75) is 57.3 Å². The molecule has 6 nitrogen and oxygen atoms in total. The van der Waals surface area contributed by atoms with E-state index in [-0.39, 0.29) is 17.4 Å². The normalized spacial score (nSPS) is 22.2. The van der Waals surface area contributed by atoms with Crippen LogP contribution in [-0.2, 0) is 17.5 Å². The highest BCUT2D eigenvalue weighted by Gasteiger charge is 2.42. The molecule has 1 fully saturated rings. The first-order chi connectivity index (χ1) is 18.1. The third-order valence-electron chi connectivity index (χ3n) is 7.72. The molecule has 2 amide bonds. The van der Waals surface area contributed by atoms with E-state index in [0.717, 1.165) is 44.7 Å². The fraction of sp³-hybridized carbons (Fsp3) is 0.517. The molecule has 2 aromatic rings. The molecule has 0 N–H and O–H groups in total. The number of hydrogen-bond donors (Lipinski definition) is 0. The van der Waals surface area contributed by atoms with Crippen molar-refractivity contribution in [3.05, 3.63) is 65.2 Å². The van der Waals surface area contributed by atoms with Gasteiger partial charge >= 0.3 is 6.18 Å². The van der Waals surface area contributed by atoms with Crippen molar-refractivity contribution in [3.63, 3.8) is 0 Å². The van der Waals surface area contributed by atoms with E-state index in [4.69, 9.17) is 4.74 Å². The molecule has 2 heterocycles. The molecule has 0 aliphatic carbocycles. The minimum atomic E-state index is -4.39. The molecule has 9 heteroatoms. The van der Waals surface area contributed by atoms with Gasteiger partial charge in [-0.05, 0) is 68.5 Å². The van der Waals surface area contributed by atoms with Crippen LogP contribution in [0.3, 0.4) is 0 Å². The summed E-state index contributed by atoms with van der Waals surface area (Å²) in [7, 11) is 1.79. The first-order valence-corrected chi connectivity index (χ1v) is 13.2. The Morgan fingerprint density at radius 1 is 1.00 bits per heavy atom. The van der Waals surface area contributed by atoms with E-state index in [1.54, 1.807) is 54.1 Å². The van der Waals surface area contributed by atoms with Gasteiger partial charge in [0.05, 0.1) is 12.1 Å². The van der Waals surface area contributed by atoms with Gasteiger partial charge in [-0.25, -0.2) is 0 Å². The first-order valence-electron chi connectivity index (χ1n) is 13.2. The highest BCUT2D eigenvalue weighted by atomic mass is 19.4. The number of carbonyl (C=O) groups excluding carboxylic acids is 2.